The van der Waals surface area contributed by atoms with Crippen LogP contribution in [0.25, 0.3) is 0 Å². The highest BCUT2D eigenvalue weighted by Crippen LogP contribution is 2.26. The number of hydrogen-bond donors (Lipinski definition) is 2. The van der Waals surface area contributed by atoms with Crippen LogP contribution in [0.1, 0.15) is 71.6 Å². The zero-order chi connectivity index (χ0) is 15.2. The van der Waals surface area contributed by atoms with Crippen molar-refractivity contribution in [2.24, 2.45) is 11.8 Å². The second-order valence-corrected chi connectivity index (χ2v) is 6.94. The van der Waals surface area contributed by atoms with Crippen molar-refractivity contribution in [3.63, 3.8) is 0 Å². The van der Waals surface area contributed by atoms with Crippen molar-refractivity contribution in [1.82, 2.24) is 10.6 Å². The summed E-state index contributed by atoms with van der Waals surface area (Å²) >= 11 is 0. The Labute approximate surface area is 128 Å². The maximum absolute atomic E-state index is 12.0. The molecule has 0 heterocycles. The molecule has 4 nitrogen and oxygen atoms in total. The topological polar surface area (TPSA) is 58.2 Å². The Bertz CT molecular complexity index is 362. The van der Waals surface area contributed by atoms with Gasteiger partial charge in [-0.05, 0) is 50.4 Å². The minimum Gasteiger partial charge on any atom is -0.345 e. The molecule has 2 aliphatic rings. The van der Waals surface area contributed by atoms with E-state index in [4.69, 9.17) is 0 Å². The molecule has 0 bridgehead atoms. The van der Waals surface area contributed by atoms with Crippen molar-refractivity contribution in [2.45, 2.75) is 83.7 Å². The van der Waals surface area contributed by atoms with Crippen LogP contribution in [0, 0.1) is 11.8 Å². The average Bonchev–Trinajstić information content (AvgIpc) is 2.50. The van der Waals surface area contributed by atoms with E-state index in [1.165, 1.54) is 25.7 Å². The van der Waals surface area contributed by atoms with Crippen LogP contribution in [-0.4, -0.2) is 23.9 Å². The molecule has 0 aromatic carbocycles. The molecule has 0 saturated heterocycles. The number of carbonyl (C=O) groups excluding carboxylic acids is 2. The zero-order valence-electron chi connectivity index (χ0n) is 13.5. The molecule has 2 rings (SSSR count). The van der Waals surface area contributed by atoms with Gasteiger partial charge in [-0.1, -0.05) is 33.1 Å². The summed E-state index contributed by atoms with van der Waals surface area (Å²) in [6.45, 7) is 4.39. The summed E-state index contributed by atoms with van der Waals surface area (Å²) in [4.78, 5) is 24.0. The van der Waals surface area contributed by atoms with Crippen LogP contribution in [0.3, 0.4) is 0 Å². The van der Waals surface area contributed by atoms with Crippen LogP contribution in [0.2, 0.25) is 0 Å². The van der Waals surface area contributed by atoms with Crippen molar-refractivity contribution < 1.29 is 9.59 Å². The SMILES string of the molecule is CCC1CCC(NC(=O)C(=O)N[C@@H]2CCCC[C@@H]2C)CC1. The Morgan fingerprint density at radius 2 is 1.52 bits per heavy atom. The zero-order valence-corrected chi connectivity index (χ0v) is 13.5. The average molecular weight is 294 g/mol. The third-order valence-corrected chi connectivity index (χ3v) is 5.39. The van der Waals surface area contributed by atoms with Gasteiger partial charge in [-0.3, -0.25) is 9.59 Å². The van der Waals surface area contributed by atoms with E-state index >= 15 is 0 Å². The third-order valence-electron chi connectivity index (χ3n) is 5.39. The smallest absolute Gasteiger partial charge is 0.309 e. The van der Waals surface area contributed by atoms with Gasteiger partial charge in [0.15, 0.2) is 0 Å². The fourth-order valence-electron chi connectivity index (χ4n) is 3.73. The molecule has 2 fully saturated rings. The highest BCUT2D eigenvalue weighted by molar-refractivity contribution is 6.35. The first kappa shape index (κ1) is 16.3. The first-order valence-electron chi connectivity index (χ1n) is 8.71. The molecule has 120 valence electrons. The van der Waals surface area contributed by atoms with Crippen LogP contribution in [-0.2, 0) is 9.59 Å². The normalized spacial score (nSPS) is 33.2. The molecule has 2 saturated carbocycles. The first-order valence-corrected chi connectivity index (χ1v) is 8.71. The molecule has 0 radical (unpaired) electrons. The van der Waals surface area contributed by atoms with E-state index in [0.29, 0.717) is 5.92 Å². The number of hydrogen-bond acceptors (Lipinski definition) is 2. The monoisotopic (exact) mass is 294 g/mol. The lowest BCUT2D eigenvalue weighted by molar-refractivity contribution is -0.140. The number of rotatable bonds is 3. The van der Waals surface area contributed by atoms with Crippen LogP contribution < -0.4 is 10.6 Å². The van der Waals surface area contributed by atoms with Gasteiger partial charge in [-0.15, -0.1) is 0 Å². The maximum Gasteiger partial charge on any atom is 0.309 e. The standard InChI is InChI=1S/C17H30N2O2/c1-3-13-8-10-14(11-9-13)18-16(20)17(21)19-15-7-5-4-6-12(15)2/h12-15H,3-11H2,1-2H3,(H,18,20)(H,19,21)/t12-,13?,14?,15+/m0/s1. The van der Waals surface area contributed by atoms with E-state index in [0.717, 1.165) is 38.0 Å². The molecule has 0 unspecified atom stereocenters. The molecule has 2 aliphatic carbocycles. The Morgan fingerprint density at radius 3 is 2.14 bits per heavy atom. The Hall–Kier alpha value is -1.06. The lowest BCUT2D eigenvalue weighted by Crippen LogP contribution is -2.50. The summed E-state index contributed by atoms with van der Waals surface area (Å²) in [5.41, 5.74) is 0. The van der Waals surface area contributed by atoms with Gasteiger partial charge in [0.25, 0.3) is 0 Å². The number of amides is 2. The van der Waals surface area contributed by atoms with E-state index in [1.54, 1.807) is 0 Å². The lowest BCUT2D eigenvalue weighted by atomic mass is 9.84. The Kier molecular flexibility index (Phi) is 6.07. The van der Waals surface area contributed by atoms with Gasteiger partial charge in [0, 0.05) is 12.1 Å². The van der Waals surface area contributed by atoms with Crippen molar-refractivity contribution >= 4 is 11.8 Å². The molecular weight excluding hydrogens is 264 g/mol. The van der Waals surface area contributed by atoms with Gasteiger partial charge in [-0.2, -0.15) is 0 Å². The number of nitrogens with one attached hydrogen (secondary N) is 2. The fraction of sp³-hybridized carbons (Fsp3) is 0.882. The molecule has 2 N–H and O–H groups in total. The van der Waals surface area contributed by atoms with Crippen molar-refractivity contribution in [3.8, 4) is 0 Å². The van der Waals surface area contributed by atoms with Gasteiger partial charge in [-0.25, -0.2) is 0 Å². The van der Waals surface area contributed by atoms with Gasteiger partial charge >= 0.3 is 11.8 Å². The van der Waals surface area contributed by atoms with E-state index in [-0.39, 0.29) is 12.1 Å². The molecular formula is C17H30N2O2. The summed E-state index contributed by atoms with van der Waals surface area (Å²) in [5.74, 6) is 0.407. The number of carbonyl (C=O) groups is 2. The largest absolute Gasteiger partial charge is 0.345 e. The Morgan fingerprint density at radius 1 is 0.905 bits per heavy atom. The van der Waals surface area contributed by atoms with E-state index in [9.17, 15) is 9.59 Å². The Balaban J connectivity index is 1.73. The summed E-state index contributed by atoms with van der Waals surface area (Å²) in [6, 6.07) is 0.364. The summed E-state index contributed by atoms with van der Waals surface area (Å²) < 4.78 is 0. The molecule has 4 heteroatoms. The van der Waals surface area contributed by atoms with Crippen LogP contribution in [0.4, 0.5) is 0 Å². The minimum absolute atomic E-state index is 0.174. The highest BCUT2D eigenvalue weighted by atomic mass is 16.2. The van der Waals surface area contributed by atoms with Crippen LogP contribution in [0.5, 0.6) is 0 Å². The van der Waals surface area contributed by atoms with Gasteiger partial charge in [0.05, 0.1) is 0 Å². The fourth-order valence-corrected chi connectivity index (χ4v) is 3.73. The third kappa shape index (κ3) is 4.72. The van der Waals surface area contributed by atoms with E-state index < -0.39 is 11.8 Å². The molecule has 0 spiro atoms. The predicted molar refractivity (Wildman–Crippen MR) is 83.7 cm³/mol. The summed E-state index contributed by atoms with van der Waals surface area (Å²) in [7, 11) is 0. The van der Waals surface area contributed by atoms with Crippen molar-refractivity contribution in [1.29, 1.82) is 0 Å². The summed E-state index contributed by atoms with van der Waals surface area (Å²) in [5, 5.41) is 5.84. The lowest BCUT2D eigenvalue weighted by Gasteiger charge is -2.30. The van der Waals surface area contributed by atoms with Gasteiger partial charge < -0.3 is 10.6 Å². The summed E-state index contributed by atoms with van der Waals surface area (Å²) in [6.07, 6.45) is 10.1. The van der Waals surface area contributed by atoms with Crippen molar-refractivity contribution in [2.75, 3.05) is 0 Å². The van der Waals surface area contributed by atoms with Gasteiger partial charge in [0.2, 0.25) is 0 Å². The molecule has 0 aliphatic heterocycles. The van der Waals surface area contributed by atoms with Crippen LogP contribution in [0.15, 0.2) is 0 Å². The van der Waals surface area contributed by atoms with Crippen LogP contribution >= 0.6 is 0 Å². The molecule has 0 aromatic heterocycles. The molecule has 0 aromatic rings. The molecule has 2 amide bonds. The van der Waals surface area contributed by atoms with E-state index in [1.807, 2.05) is 0 Å². The maximum atomic E-state index is 12.0. The predicted octanol–water partition coefficient (Wildman–Crippen LogP) is 2.77. The highest BCUT2D eigenvalue weighted by Gasteiger charge is 2.27. The second-order valence-electron chi connectivity index (χ2n) is 6.94. The second kappa shape index (κ2) is 7.81. The molecule has 2 atom stereocenters. The minimum atomic E-state index is -0.439. The van der Waals surface area contributed by atoms with E-state index in [2.05, 4.69) is 24.5 Å². The van der Waals surface area contributed by atoms with Gasteiger partial charge in [0.1, 0.15) is 0 Å². The first-order chi connectivity index (χ1) is 10.1. The molecule has 21 heavy (non-hydrogen) atoms. The quantitative estimate of drug-likeness (QED) is 0.786. The van der Waals surface area contributed by atoms with Crippen molar-refractivity contribution in [3.05, 3.63) is 0 Å².